The Kier molecular flexibility index (Phi) is 11.4. The van der Waals surface area contributed by atoms with Crippen LogP contribution in [0.3, 0.4) is 0 Å². The molecule has 12 heteroatoms. The maximum Gasteiger partial charge on any atom is 0.338 e. The third kappa shape index (κ3) is 7.41. The average molecular weight is 659 g/mol. The zero-order valence-electron chi connectivity index (χ0n) is 24.5. The molecule has 1 amide bonds. The number of halogens is 3. The molecule has 4 aromatic rings. The zero-order valence-corrected chi connectivity index (χ0v) is 26.8. The molecule has 9 nitrogen and oxygen atoms in total. The molecule has 3 aromatic heterocycles. The molecule has 0 bridgehead atoms. The second-order valence-electron chi connectivity index (χ2n) is 10.6. The summed E-state index contributed by atoms with van der Waals surface area (Å²) in [4.78, 5) is 50.2. The molecule has 1 N–H and O–H groups in total. The van der Waals surface area contributed by atoms with E-state index in [9.17, 15) is 14.4 Å². The monoisotopic (exact) mass is 657 g/mol. The van der Waals surface area contributed by atoms with E-state index in [2.05, 4.69) is 34.0 Å². The molecule has 44 heavy (non-hydrogen) atoms. The Hall–Kier alpha value is -3.50. The fraction of sp³-hybridized carbons (Fsp3) is 0.344. The van der Waals surface area contributed by atoms with Crippen LogP contribution in [0.25, 0.3) is 11.0 Å². The third-order valence-electron chi connectivity index (χ3n) is 7.93. The second kappa shape index (κ2) is 15.0. The molecule has 1 fully saturated rings. The van der Waals surface area contributed by atoms with Crippen LogP contribution in [0, 0.1) is 0 Å². The van der Waals surface area contributed by atoms with Crippen molar-refractivity contribution < 1.29 is 14.3 Å². The number of benzene rings is 1. The molecule has 1 aromatic carbocycles. The molecule has 0 radical (unpaired) electrons. The van der Waals surface area contributed by atoms with Crippen molar-refractivity contribution >= 4 is 64.2 Å². The molecule has 1 saturated carbocycles. The van der Waals surface area contributed by atoms with Gasteiger partial charge in [-0.1, -0.05) is 49.2 Å². The van der Waals surface area contributed by atoms with Gasteiger partial charge in [-0.05, 0) is 68.6 Å². The summed E-state index contributed by atoms with van der Waals surface area (Å²) in [6.45, 7) is 7.05. The topological polar surface area (TPSA) is 106 Å². The summed E-state index contributed by atoms with van der Waals surface area (Å²) in [7, 11) is 0. The Balaban J connectivity index is 0.00000442. The number of nitrogens with zero attached hydrogens (tertiary/aromatic N) is 4. The highest BCUT2D eigenvalue weighted by molar-refractivity contribution is 6.39. The summed E-state index contributed by atoms with van der Waals surface area (Å²) in [6.07, 6.45) is 8.30. The van der Waals surface area contributed by atoms with E-state index in [1.54, 1.807) is 24.5 Å². The van der Waals surface area contributed by atoms with E-state index in [4.69, 9.17) is 27.9 Å². The average Bonchev–Trinajstić information content (AvgIpc) is 3.02. The smallest absolute Gasteiger partial charge is 0.338 e. The molecular weight excluding hydrogens is 625 g/mol. The lowest BCUT2D eigenvalue weighted by Crippen LogP contribution is -2.29. The Morgan fingerprint density at radius 1 is 1.02 bits per heavy atom. The van der Waals surface area contributed by atoms with Gasteiger partial charge in [0.2, 0.25) is 5.43 Å². The van der Waals surface area contributed by atoms with Crippen molar-refractivity contribution in [2.75, 3.05) is 18.4 Å². The highest BCUT2D eigenvalue weighted by Gasteiger charge is 2.28. The summed E-state index contributed by atoms with van der Waals surface area (Å²) in [5, 5.41) is 3.31. The lowest BCUT2D eigenvalue weighted by atomic mass is 9.92. The molecule has 0 aliphatic heterocycles. The summed E-state index contributed by atoms with van der Waals surface area (Å²) in [5.41, 5.74) is 1.87. The van der Waals surface area contributed by atoms with Crippen molar-refractivity contribution in [2.24, 2.45) is 0 Å². The van der Waals surface area contributed by atoms with Crippen LogP contribution in [0.4, 0.5) is 5.69 Å². The Morgan fingerprint density at radius 3 is 2.32 bits per heavy atom. The standard InChI is InChI=1S/C32H33Cl2N5O4.ClH/c1-3-38(4-2)18-20-7-9-21(10-8-20)32(42)43-23-13-11-22(12-14-23)39-19-25(29(40)24-6-5-15-36-30(24)39)31(41)37-28-26(33)16-35-17-27(28)34;/h5-10,15-17,19,22-23H,3-4,11-14,18H2,1-2H3,(H,35,37,41);1H/t22-,23-;. The molecule has 1 aliphatic rings. The van der Waals surface area contributed by atoms with Crippen molar-refractivity contribution in [1.29, 1.82) is 0 Å². The molecule has 0 unspecified atom stereocenters. The predicted molar refractivity (Wildman–Crippen MR) is 175 cm³/mol. The molecule has 5 rings (SSSR count). The zero-order chi connectivity index (χ0) is 30.5. The van der Waals surface area contributed by atoms with Gasteiger partial charge in [0.15, 0.2) is 0 Å². The SMILES string of the molecule is CCN(CC)Cc1ccc(C(=O)O[C@H]2CC[C@H](n3cc(C(=O)Nc4c(Cl)cncc4Cl)c(=O)c4cccnc43)CC2)cc1.Cl. The molecule has 1 aliphatic carbocycles. The maximum absolute atomic E-state index is 13.3. The number of hydrogen-bond donors (Lipinski definition) is 1. The normalized spacial score (nSPS) is 16.4. The van der Waals surface area contributed by atoms with Gasteiger partial charge in [0.05, 0.1) is 26.7 Å². The Morgan fingerprint density at radius 2 is 1.68 bits per heavy atom. The molecule has 0 atom stereocenters. The quantitative estimate of drug-likeness (QED) is 0.194. The number of anilines is 1. The molecule has 0 spiro atoms. The third-order valence-corrected chi connectivity index (χ3v) is 8.50. The van der Waals surface area contributed by atoms with E-state index >= 15 is 0 Å². The molecular formula is C32H34Cl3N5O4. The number of nitrogens with one attached hydrogen (secondary N) is 1. The molecule has 3 heterocycles. The number of carbonyl (C=O) groups excluding carboxylic acids is 2. The van der Waals surface area contributed by atoms with Gasteiger partial charge in [0.1, 0.15) is 17.3 Å². The number of fused-ring (bicyclic) bond motifs is 1. The molecule has 232 valence electrons. The van der Waals surface area contributed by atoms with E-state index in [0.29, 0.717) is 42.3 Å². The molecule has 0 saturated heterocycles. The van der Waals surface area contributed by atoms with E-state index < -0.39 is 11.3 Å². The van der Waals surface area contributed by atoms with Crippen LogP contribution in [0.1, 0.15) is 71.9 Å². The van der Waals surface area contributed by atoms with Crippen molar-refractivity contribution in [3.8, 4) is 0 Å². The summed E-state index contributed by atoms with van der Waals surface area (Å²) in [5.74, 6) is -0.967. The van der Waals surface area contributed by atoms with Gasteiger partial charge in [-0.2, -0.15) is 0 Å². The van der Waals surface area contributed by atoms with Crippen molar-refractivity contribution in [1.82, 2.24) is 19.4 Å². The fourth-order valence-electron chi connectivity index (χ4n) is 5.45. The lowest BCUT2D eigenvalue weighted by molar-refractivity contribution is 0.0173. The minimum atomic E-state index is -0.634. The van der Waals surface area contributed by atoms with Crippen LogP contribution in [-0.2, 0) is 11.3 Å². The number of amides is 1. The number of ether oxygens (including phenoxy) is 1. The highest BCUT2D eigenvalue weighted by atomic mass is 35.5. The lowest BCUT2D eigenvalue weighted by Gasteiger charge is -2.31. The van der Waals surface area contributed by atoms with E-state index in [1.165, 1.54) is 12.4 Å². The van der Waals surface area contributed by atoms with E-state index in [0.717, 1.165) is 25.2 Å². The van der Waals surface area contributed by atoms with Crippen molar-refractivity contribution in [2.45, 2.75) is 58.2 Å². The van der Waals surface area contributed by atoms with Crippen molar-refractivity contribution in [3.63, 3.8) is 0 Å². The Labute approximate surface area is 272 Å². The number of carbonyl (C=O) groups is 2. The highest BCUT2D eigenvalue weighted by Crippen LogP contribution is 2.33. The van der Waals surface area contributed by atoms with Gasteiger partial charge < -0.3 is 14.6 Å². The summed E-state index contributed by atoms with van der Waals surface area (Å²) < 4.78 is 7.75. The number of hydrogen-bond acceptors (Lipinski definition) is 7. The second-order valence-corrected chi connectivity index (χ2v) is 11.4. The van der Waals surface area contributed by atoms with Crippen LogP contribution in [0.15, 0.2) is 66.0 Å². The van der Waals surface area contributed by atoms with Gasteiger partial charge in [-0.3, -0.25) is 19.5 Å². The number of esters is 1. The van der Waals surface area contributed by atoms with Crippen LogP contribution in [-0.4, -0.2) is 50.5 Å². The number of pyridine rings is 3. The predicted octanol–water partition coefficient (Wildman–Crippen LogP) is 6.95. The van der Waals surface area contributed by atoms with Crippen LogP contribution in [0.2, 0.25) is 10.0 Å². The fourth-order valence-corrected chi connectivity index (χ4v) is 5.91. The van der Waals surface area contributed by atoms with Gasteiger partial charge in [-0.15, -0.1) is 12.4 Å². The summed E-state index contributed by atoms with van der Waals surface area (Å²) in [6, 6.07) is 10.9. The summed E-state index contributed by atoms with van der Waals surface area (Å²) >= 11 is 12.4. The minimum absolute atomic E-state index is 0. The first kappa shape index (κ1) is 33.4. The Bertz CT molecular complexity index is 1660. The van der Waals surface area contributed by atoms with E-state index in [1.807, 2.05) is 28.8 Å². The van der Waals surface area contributed by atoms with Gasteiger partial charge in [-0.25, -0.2) is 9.78 Å². The first-order valence-electron chi connectivity index (χ1n) is 14.4. The first-order valence-corrected chi connectivity index (χ1v) is 15.2. The number of rotatable bonds is 9. The minimum Gasteiger partial charge on any atom is -0.459 e. The van der Waals surface area contributed by atoms with Gasteiger partial charge in [0, 0.05) is 37.4 Å². The van der Waals surface area contributed by atoms with Crippen molar-refractivity contribution in [3.05, 3.63) is 98.1 Å². The van der Waals surface area contributed by atoms with Gasteiger partial charge in [0.25, 0.3) is 5.91 Å². The maximum atomic E-state index is 13.3. The largest absolute Gasteiger partial charge is 0.459 e. The van der Waals surface area contributed by atoms with E-state index in [-0.39, 0.29) is 51.8 Å². The van der Waals surface area contributed by atoms with Crippen LogP contribution in [0.5, 0.6) is 0 Å². The number of aromatic nitrogens is 3. The van der Waals surface area contributed by atoms with Crippen LogP contribution < -0.4 is 10.7 Å². The van der Waals surface area contributed by atoms with Gasteiger partial charge >= 0.3 is 5.97 Å². The first-order chi connectivity index (χ1) is 20.8. The van der Waals surface area contributed by atoms with Crippen LogP contribution >= 0.6 is 35.6 Å².